The molecular weight excluding hydrogens is 294 g/mol. The lowest BCUT2D eigenvalue weighted by atomic mass is 9.89. The van der Waals surface area contributed by atoms with E-state index in [0.29, 0.717) is 0 Å². The standard InChI is InChI=1S/C12H13F4N3O2/c1-2-21-9(20)11(14)3-4-19(7-12(11,15)16)10-17-5-8(13)6-18-10/h5-6H,2-4,7H2,1H3. The predicted molar refractivity (Wildman–Crippen MR) is 64.2 cm³/mol. The number of ether oxygens (including phenoxy) is 1. The second-order valence-corrected chi connectivity index (χ2v) is 4.60. The van der Waals surface area contributed by atoms with Crippen molar-refractivity contribution >= 4 is 11.9 Å². The first-order valence-electron chi connectivity index (χ1n) is 6.26. The summed E-state index contributed by atoms with van der Waals surface area (Å²) in [7, 11) is 0. The molecule has 0 aromatic carbocycles. The van der Waals surface area contributed by atoms with Crippen LogP contribution in [0.4, 0.5) is 23.5 Å². The smallest absolute Gasteiger partial charge is 0.350 e. The van der Waals surface area contributed by atoms with Crippen LogP contribution in [-0.4, -0.2) is 47.2 Å². The summed E-state index contributed by atoms with van der Waals surface area (Å²) in [5.74, 6) is -6.40. The molecule has 1 aromatic rings. The molecule has 0 bridgehead atoms. The highest BCUT2D eigenvalue weighted by atomic mass is 19.3. The number of aromatic nitrogens is 2. The van der Waals surface area contributed by atoms with Crippen molar-refractivity contribution in [1.29, 1.82) is 0 Å². The van der Waals surface area contributed by atoms with Gasteiger partial charge in [0.25, 0.3) is 5.67 Å². The zero-order chi connectivity index (χ0) is 15.7. The van der Waals surface area contributed by atoms with Crippen LogP contribution < -0.4 is 4.90 Å². The van der Waals surface area contributed by atoms with E-state index in [9.17, 15) is 22.4 Å². The number of piperidine rings is 1. The second kappa shape index (κ2) is 5.45. The molecule has 0 spiro atoms. The summed E-state index contributed by atoms with van der Waals surface area (Å²) < 4.78 is 59.4. The van der Waals surface area contributed by atoms with E-state index in [1.807, 2.05) is 0 Å². The Hall–Kier alpha value is -1.93. The number of halogens is 4. The molecule has 2 heterocycles. The number of anilines is 1. The van der Waals surface area contributed by atoms with Gasteiger partial charge in [-0.25, -0.2) is 32.3 Å². The van der Waals surface area contributed by atoms with Gasteiger partial charge in [-0.1, -0.05) is 0 Å². The fraction of sp³-hybridized carbons (Fsp3) is 0.583. The van der Waals surface area contributed by atoms with Gasteiger partial charge in [0, 0.05) is 13.0 Å². The van der Waals surface area contributed by atoms with Gasteiger partial charge in [0.05, 0.1) is 25.5 Å². The Morgan fingerprint density at radius 3 is 2.52 bits per heavy atom. The van der Waals surface area contributed by atoms with Crippen LogP contribution in [0, 0.1) is 5.82 Å². The maximum atomic E-state index is 14.3. The van der Waals surface area contributed by atoms with Gasteiger partial charge in [-0.2, -0.15) is 0 Å². The van der Waals surface area contributed by atoms with Crippen LogP contribution >= 0.6 is 0 Å². The van der Waals surface area contributed by atoms with Crippen molar-refractivity contribution in [3.8, 4) is 0 Å². The molecule has 1 aromatic heterocycles. The average Bonchev–Trinajstić information content (AvgIpc) is 2.43. The van der Waals surface area contributed by atoms with E-state index in [-0.39, 0.29) is 19.1 Å². The van der Waals surface area contributed by atoms with Gasteiger partial charge < -0.3 is 9.64 Å². The van der Waals surface area contributed by atoms with Crippen LogP contribution in [0.5, 0.6) is 0 Å². The van der Waals surface area contributed by atoms with Gasteiger partial charge in [-0.05, 0) is 6.92 Å². The zero-order valence-electron chi connectivity index (χ0n) is 11.2. The molecule has 9 heteroatoms. The molecule has 1 unspecified atom stereocenters. The number of hydrogen-bond acceptors (Lipinski definition) is 5. The van der Waals surface area contributed by atoms with Gasteiger partial charge in [0.2, 0.25) is 5.95 Å². The topological polar surface area (TPSA) is 55.3 Å². The highest BCUT2D eigenvalue weighted by Crippen LogP contribution is 2.41. The monoisotopic (exact) mass is 307 g/mol. The van der Waals surface area contributed by atoms with Crippen LogP contribution in [0.3, 0.4) is 0 Å². The molecule has 1 fully saturated rings. The van der Waals surface area contributed by atoms with E-state index in [1.54, 1.807) is 0 Å². The molecule has 1 saturated heterocycles. The minimum absolute atomic E-state index is 0.151. The quantitative estimate of drug-likeness (QED) is 0.629. The molecule has 1 aliphatic rings. The molecule has 2 rings (SSSR count). The molecule has 0 saturated carbocycles. The third-order valence-corrected chi connectivity index (χ3v) is 3.18. The molecular formula is C12H13F4N3O2. The zero-order valence-corrected chi connectivity index (χ0v) is 11.2. The molecule has 1 aliphatic heterocycles. The molecule has 0 radical (unpaired) electrons. The number of rotatable bonds is 3. The van der Waals surface area contributed by atoms with Crippen molar-refractivity contribution in [2.24, 2.45) is 0 Å². The van der Waals surface area contributed by atoms with Crippen molar-refractivity contribution < 1.29 is 27.1 Å². The summed E-state index contributed by atoms with van der Waals surface area (Å²) in [6.07, 6.45) is 0.881. The van der Waals surface area contributed by atoms with E-state index in [4.69, 9.17) is 0 Å². The minimum atomic E-state index is -3.96. The van der Waals surface area contributed by atoms with Crippen LogP contribution in [0.25, 0.3) is 0 Å². The van der Waals surface area contributed by atoms with Crippen LogP contribution in [0.15, 0.2) is 12.4 Å². The van der Waals surface area contributed by atoms with E-state index in [0.717, 1.165) is 17.3 Å². The van der Waals surface area contributed by atoms with E-state index in [2.05, 4.69) is 14.7 Å². The van der Waals surface area contributed by atoms with Crippen LogP contribution in [-0.2, 0) is 9.53 Å². The van der Waals surface area contributed by atoms with Gasteiger partial charge >= 0.3 is 11.9 Å². The van der Waals surface area contributed by atoms with Gasteiger partial charge in [-0.3, -0.25) is 0 Å². The first-order chi connectivity index (χ1) is 9.80. The Labute approximate surface area is 117 Å². The molecule has 0 N–H and O–H groups in total. The predicted octanol–water partition coefficient (Wildman–Crippen LogP) is 1.73. The van der Waals surface area contributed by atoms with Crippen molar-refractivity contribution in [1.82, 2.24) is 9.97 Å². The maximum Gasteiger partial charge on any atom is 0.350 e. The lowest BCUT2D eigenvalue weighted by Crippen LogP contribution is -2.62. The molecule has 0 amide bonds. The van der Waals surface area contributed by atoms with E-state index in [1.165, 1.54) is 6.92 Å². The van der Waals surface area contributed by atoms with Gasteiger partial charge in [0.1, 0.15) is 0 Å². The first kappa shape index (κ1) is 15.5. The largest absolute Gasteiger partial charge is 0.463 e. The number of hydrogen-bond donors (Lipinski definition) is 0. The van der Waals surface area contributed by atoms with Crippen molar-refractivity contribution in [3.05, 3.63) is 18.2 Å². The number of carbonyl (C=O) groups excluding carboxylic acids is 1. The Balaban J connectivity index is 2.19. The summed E-state index contributed by atoms with van der Waals surface area (Å²) in [6, 6.07) is 0. The summed E-state index contributed by atoms with van der Waals surface area (Å²) in [4.78, 5) is 19.6. The van der Waals surface area contributed by atoms with Crippen LogP contribution in [0.1, 0.15) is 13.3 Å². The lowest BCUT2D eigenvalue weighted by molar-refractivity contribution is -0.193. The Morgan fingerprint density at radius 1 is 1.38 bits per heavy atom. The molecule has 5 nitrogen and oxygen atoms in total. The Kier molecular flexibility index (Phi) is 4.02. The fourth-order valence-corrected chi connectivity index (χ4v) is 2.05. The van der Waals surface area contributed by atoms with Crippen molar-refractivity contribution in [2.45, 2.75) is 24.9 Å². The molecule has 1 atom stereocenters. The maximum absolute atomic E-state index is 14.3. The summed E-state index contributed by atoms with van der Waals surface area (Å²) >= 11 is 0. The first-order valence-corrected chi connectivity index (χ1v) is 6.26. The number of alkyl halides is 3. The van der Waals surface area contributed by atoms with E-state index >= 15 is 0 Å². The normalized spacial score (nSPS) is 24.7. The fourth-order valence-electron chi connectivity index (χ4n) is 2.05. The molecule has 0 aliphatic carbocycles. The molecule has 116 valence electrons. The highest BCUT2D eigenvalue weighted by molar-refractivity contribution is 5.81. The Morgan fingerprint density at radius 2 is 2.00 bits per heavy atom. The molecule has 21 heavy (non-hydrogen) atoms. The van der Waals surface area contributed by atoms with Crippen molar-refractivity contribution in [3.63, 3.8) is 0 Å². The number of nitrogens with zero attached hydrogens (tertiary/aromatic N) is 3. The van der Waals surface area contributed by atoms with Crippen LogP contribution in [0.2, 0.25) is 0 Å². The minimum Gasteiger partial charge on any atom is -0.463 e. The third-order valence-electron chi connectivity index (χ3n) is 3.18. The van der Waals surface area contributed by atoms with Gasteiger partial charge in [-0.15, -0.1) is 0 Å². The highest BCUT2D eigenvalue weighted by Gasteiger charge is 2.64. The number of esters is 1. The van der Waals surface area contributed by atoms with Crippen molar-refractivity contribution in [2.75, 3.05) is 24.6 Å². The summed E-state index contributed by atoms with van der Waals surface area (Å²) in [5, 5.41) is 0. The summed E-state index contributed by atoms with van der Waals surface area (Å²) in [5.41, 5.74) is -3.38. The average molecular weight is 307 g/mol. The lowest BCUT2D eigenvalue weighted by Gasteiger charge is -2.40. The van der Waals surface area contributed by atoms with Gasteiger partial charge in [0.15, 0.2) is 5.82 Å². The number of carbonyl (C=O) groups is 1. The Bertz CT molecular complexity index is 526. The second-order valence-electron chi connectivity index (χ2n) is 4.60. The SMILES string of the molecule is CCOC(=O)C1(F)CCN(c2ncc(F)cn2)CC1(F)F. The van der Waals surface area contributed by atoms with E-state index < -0.39 is 36.3 Å². The third kappa shape index (κ3) is 2.77. The summed E-state index contributed by atoms with van der Waals surface area (Å²) in [6.45, 7) is -0.0866.